The van der Waals surface area contributed by atoms with Crippen molar-refractivity contribution < 1.29 is 4.79 Å². The minimum absolute atomic E-state index is 0.242. The highest BCUT2D eigenvalue weighted by Crippen LogP contribution is 2.35. The largest absolute Gasteiger partial charge is 0.323 e. The Morgan fingerprint density at radius 2 is 1.90 bits per heavy atom. The molecule has 0 aromatic rings. The molecule has 1 aliphatic carbocycles. The highest BCUT2D eigenvalue weighted by molar-refractivity contribution is 5.88. The van der Waals surface area contributed by atoms with E-state index in [1.54, 1.807) is 0 Å². The fraction of sp³-hybridized carbons (Fsp3) is 0.941. The van der Waals surface area contributed by atoms with E-state index in [-0.39, 0.29) is 11.7 Å². The third-order valence-corrected chi connectivity index (χ3v) is 5.31. The van der Waals surface area contributed by atoms with E-state index < -0.39 is 0 Å². The Morgan fingerprint density at radius 3 is 2.40 bits per heavy atom. The number of hydrogen-bond donors (Lipinski definition) is 1. The molecule has 1 heterocycles. The van der Waals surface area contributed by atoms with Gasteiger partial charge in [0.15, 0.2) is 0 Å². The first-order valence-electron chi connectivity index (χ1n) is 8.48. The van der Waals surface area contributed by atoms with Crippen molar-refractivity contribution in [3.8, 4) is 0 Å². The lowest BCUT2D eigenvalue weighted by molar-refractivity contribution is -0.136. The average Bonchev–Trinajstić information content (AvgIpc) is 2.63. The number of carbonyl (C=O) groups is 1. The SMILES string of the molecule is CCC1(C)NC(CC(C)C)N(C2CCC(C)CC2)C1=O. The zero-order valence-electron chi connectivity index (χ0n) is 13.9. The summed E-state index contributed by atoms with van der Waals surface area (Å²) in [5.74, 6) is 1.78. The summed E-state index contributed by atoms with van der Waals surface area (Å²) in [6.07, 6.45) is 7.09. The summed E-state index contributed by atoms with van der Waals surface area (Å²) in [5.41, 5.74) is -0.345. The molecule has 2 atom stereocenters. The summed E-state index contributed by atoms with van der Waals surface area (Å²) in [7, 11) is 0. The van der Waals surface area contributed by atoms with Crippen LogP contribution in [0.2, 0.25) is 0 Å². The first kappa shape index (κ1) is 15.8. The molecule has 1 aliphatic heterocycles. The molecule has 2 fully saturated rings. The first-order chi connectivity index (χ1) is 9.37. The van der Waals surface area contributed by atoms with Crippen LogP contribution in [0.4, 0.5) is 0 Å². The van der Waals surface area contributed by atoms with Crippen LogP contribution in [0.3, 0.4) is 0 Å². The topological polar surface area (TPSA) is 32.3 Å². The molecule has 3 nitrogen and oxygen atoms in total. The molecule has 2 unspecified atom stereocenters. The Kier molecular flexibility index (Phi) is 4.78. The summed E-state index contributed by atoms with van der Waals surface area (Å²) >= 11 is 0. The monoisotopic (exact) mass is 280 g/mol. The van der Waals surface area contributed by atoms with Gasteiger partial charge in [0.05, 0.1) is 11.7 Å². The molecule has 0 aromatic heterocycles. The van der Waals surface area contributed by atoms with E-state index in [4.69, 9.17) is 0 Å². The predicted molar refractivity (Wildman–Crippen MR) is 83.3 cm³/mol. The molecule has 0 radical (unpaired) electrons. The van der Waals surface area contributed by atoms with E-state index in [2.05, 4.69) is 44.8 Å². The number of hydrogen-bond acceptors (Lipinski definition) is 2. The van der Waals surface area contributed by atoms with E-state index >= 15 is 0 Å². The van der Waals surface area contributed by atoms with Crippen molar-refractivity contribution in [2.24, 2.45) is 11.8 Å². The Morgan fingerprint density at radius 1 is 1.30 bits per heavy atom. The van der Waals surface area contributed by atoms with Crippen LogP contribution in [0.5, 0.6) is 0 Å². The lowest BCUT2D eigenvalue weighted by atomic mass is 9.86. The van der Waals surface area contributed by atoms with Gasteiger partial charge >= 0.3 is 0 Å². The zero-order chi connectivity index (χ0) is 14.9. The van der Waals surface area contributed by atoms with E-state index in [9.17, 15) is 4.79 Å². The molecular formula is C17H32N2O. The molecule has 1 saturated heterocycles. The molecule has 2 aliphatic rings. The minimum Gasteiger partial charge on any atom is -0.323 e. The lowest BCUT2D eigenvalue weighted by Crippen LogP contribution is -2.46. The number of rotatable bonds is 4. The van der Waals surface area contributed by atoms with Crippen molar-refractivity contribution in [2.75, 3.05) is 0 Å². The first-order valence-corrected chi connectivity index (χ1v) is 8.48. The molecule has 116 valence electrons. The van der Waals surface area contributed by atoms with Crippen molar-refractivity contribution in [3.63, 3.8) is 0 Å². The van der Waals surface area contributed by atoms with E-state index in [0.29, 0.717) is 17.9 Å². The summed E-state index contributed by atoms with van der Waals surface area (Å²) < 4.78 is 0. The van der Waals surface area contributed by atoms with Crippen LogP contribution in [0.15, 0.2) is 0 Å². The molecule has 1 N–H and O–H groups in total. The number of carbonyl (C=O) groups excluding carboxylic acids is 1. The second-order valence-electron chi connectivity index (χ2n) is 7.60. The van der Waals surface area contributed by atoms with Gasteiger partial charge in [0.1, 0.15) is 0 Å². The van der Waals surface area contributed by atoms with Gasteiger partial charge in [-0.15, -0.1) is 0 Å². The van der Waals surface area contributed by atoms with Crippen LogP contribution in [0.25, 0.3) is 0 Å². The molecule has 0 bridgehead atoms. The zero-order valence-corrected chi connectivity index (χ0v) is 13.9. The second-order valence-corrected chi connectivity index (χ2v) is 7.60. The fourth-order valence-electron chi connectivity index (χ4n) is 3.74. The van der Waals surface area contributed by atoms with Crippen LogP contribution in [-0.4, -0.2) is 28.6 Å². The summed E-state index contributed by atoms with van der Waals surface area (Å²) in [6, 6.07) is 0.461. The average molecular weight is 280 g/mol. The Hall–Kier alpha value is -0.570. The molecule has 20 heavy (non-hydrogen) atoms. The molecule has 0 spiro atoms. The maximum absolute atomic E-state index is 12.9. The molecule has 3 heteroatoms. The summed E-state index contributed by atoms with van der Waals surface area (Å²) in [5, 5.41) is 3.63. The molecular weight excluding hydrogens is 248 g/mol. The van der Waals surface area contributed by atoms with Gasteiger partial charge in [-0.05, 0) is 57.3 Å². The van der Waals surface area contributed by atoms with Gasteiger partial charge in [0, 0.05) is 6.04 Å². The van der Waals surface area contributed by atoms with Gasteiger partial charge in [0.25, 0.3) is 0 Å². The number of amides is 1. The Labute approximate surface area is 124 Å². The third kappa shape index (κ3) is 3.03. The maximum Gasteiger partial charge on any atom is 0.244 e. The standard InChI is InChI=1S/C17H32N2O/c1-6-17(5)16(20)19(15(18-17)11-12(2)3)14-9-7-13(4)8-10-14/h12-15,18H,6-11H2,1-5H3. The van der Waals surface area contributed by atoms with Crippen molar-refractivity contribution in [1.82, 2.24) is 10.2 Å². The summed E-state index contributed by atoms with van der Waals surface area (Å²) in [6.45, 7) is 11.0. The van der Waals surface area contributed by atoms with Crippen LogP contribution in [-0.2, 0) is 4.79 Å². The second kappa shape index (κ2) is 6.05. The lowest BCUT2D eigenvalue weighted by Gasteiger charge is -2.37. The highest BCUT2D eigenvalue weighted by atomic mass is 16.2. The quantitative estimate of drug-likeness (QED) is 0.854. The highest BCUT2D eigenvalue weighted by Gasteiger charge is 2.49. The normalized spacial score (nSPS) is 38.8. The van der Waals surface area contributed by atoms with E-state index in [0.717, 1.165) is 18.8 Å². The van der Waals surface area contributed by atoms with Gasteiger partial charge in [-0.1, -0.05) is 27.7 Å². The maximum atomic E-state index is 12.9. The summed E-state index contributed by atoms with van der Waals surface area (Å²) in [4.78, 5) is 15.1. The molecule has 1 saturated carbocycles. The predicted octanol–water partition coefficient (Wildman–Crippen LogP) is 3.54. The van der Waals surface area contributed by atoms with Gasteiger partial charge in [-0.25, -0.2) is 0 Å². The van der Waals surface area contributed by atoms with Gasteiger partial charge in [-0.2, -0.15) is 0 Å². The molecule has 1 amide bonds. The Balaban J connectivity index is 2.15. The van der Waals surface area contributed by atoms with Crippen molar-refractivity contribution in [3.05, 3.63) is 0 Å². The molecule has 2 rings (SSSR count). The van der Waals surface area contributed by atoms with Gasteiger partial charge in [0.2, 0.25) is 5.91 Å². The van der Waals surface area contributed by atoms with Gasteiger partial charge in [-0.3, -0.25) is 10.1 Å². The van der Waals surface area contributed by atoms with Crippen molar-refractivity contribution >= 4 is 5.91 Å². The number of nitrogens with zero attached hydrogens (tertiary/aromatic N) is 1. The van der Waals surface area contributed by atoms with Crippen molar-refractivity contribution in [2.45, 2.75) is 90.9 Å². The van der Waals surface area contributed by atoms with E-state index in [1.165, 1.54) is 25.7 Å². The third-order valence-electron chi connectivity index (χ3n) is 5.31. The van der Waals surface area contributed by atoms with Crippen LogP contribution < -0.4 is 5.32 Å². The van der Waals surface area contributed by atoms with Crippen LogP contribution in [0.1, 0.15) is 73.1 Å². The molecule has 0 aromatic carbocycles. The Bertz CT molecular complexity index is 347. The van der Waals surface area contributed by atoms with Crippen molar-refractivity contribution in [1.29, 1.82) is 0 Å². The fourth-order valence-corrected chi connectivity index (χ4v) is 3.74. The minimum atomic E-state index is -0.345. The van der Waals surface area contributed by atoms with Crippen LogP contribution in [0, 0.1) is 11.8 Å². The van der Waals surface area contributed by atoms with E-state index in [1.807, 2.05) is 0 Å². The van der Waals surface area contributed by atoms with Gasteiger partial charge < -0.3 is 4.90 Å². The van der Waals surface area contributed by atoms with Crippen LogP contribution >= 0.6 is 0 Å². The smallest absolute Gasteiger partial charge is 0.244 e. The number of nitrogens with one attached hydrogen (secondary N) is 1.